The van der Waals surface area contributed by atoms with Gasteiger partial charge in [-0.1, -0.05) is 0 Å². The van der Waals surface area contributed by atoms with Crippen LogP contribution in [-0.2, 0) is 17.8 Å². The number of thiophene rings is 1. The Labute approximate surface area is 169 Å². The molecule has 2 fully saturated rings. The van der Waals surface area contributed by atoms with Gasteiger partial charge in [-0.15, -0.1) is 0 Å². The first-order chi connectivity index (χ1) is 13.6. The molecule has 0 bridgehead atoms. The van der Waals surface area contributed by atoms with Crippen molar-refractivity contribution in [1.82, 2.24) is 10.2 Å². The zero-order valence-electron chi connectivity index (χ0n) is 15.9. The summed E-state index contributed by atoms with van der Waals surface area (Å²) < 4.78 is 0. The fourth-order valence-corrected chi connectivity index (χ4v) is 5.47. The number of nitrogens with one attached hydrogen (secondary N) is 2. The second kappa shape index (κ2) is 7.01. The number of hydrogen-bond acceptors (Lipinski definition) is 4. The lowest BCUT2D eigenvalue weighted by Crippen LogP contribution is -2.39. The van der Waals surface area contributed by atoms with E-state index >= 15 is 0 Å². The minimum atomic E-state index is 0.0523. The van der Waals surface area contributed by atoms with Crippen LogP contribution in [0.4, 0.5) is 5.69 Å². The summed E-state index contributed by atoms with van der Waals surface area (Å²) in [7, 11) is 0. The molecule has 2 amide bonds. The van der Waals surface area contributed by atoms with E-state index < -0.39 is 0 Å². The first-order valence-corrected chi connectivity index (χ1v) is 11.0. The van der Waals surface area contributed by atoms with E-state index in [1.807, 2.05) is 18.2 Å². The Morgan fingerprint density at radius 3 is 2.86 bits per heavy atom. The second-order valence-corrected chi connectivity index (χ2v) is 9.10. The van der Waals surface area contributed by atoms with Crippen LogP contribution in [0, 0.1) is 5.41 Å². The van der Waals surface area contributed by atoms with Crippen LogP contribution in [0.1, 0.15) is 47.2 Å². The Bertz CT molecular complexity index is 903. The first kappa shape index (κ1) is 17.9. The molecule has 5 nitrogen and oxygen atoms in total. The maximum Gasteiger partial charge on any atom is 0.254 e. The number of amides is 2. The summed E-state index contributed by atoms with van der Waals surface area (Å²) in [6.45, 7) is 2.78. The first-order valence-electron chi connectivity index (χ1n) is 10.1. The van der Waals surface area contributed by atoms with Crippen LogP contribution in [0.2, 0.25) is 0 Å². The summed E-state index contributed by atoms with van der Waals surface area (Å²) in [6.07, 6.45) is 4.61. The average Bonchev–Trinajstić information content (AvgIpc) is 3.14. The van der Waals surface area contributed by atoms with Gasteiger partial charge in [0.15, 0.2) is 0 Å². The average molecular weight is 396 g/mol. The lowest BCUT2D eigenvalue weighted by molar-refractivity contribution is -0.116. The van der Waals surface area contributed by atoms with E-state index in [0.29, 0.717) is 30.8 Å². The Hall–Kier alpha value is -2.18. The molecule has 2 aliphatic heterocycles. The van der Waals surface area contributed by atoms with E-state index in [0.717, 1.165) is 49.2 Å². The van der Waals surface area contributed by atoms with Crippen molar-refractivity contribution in [1.29, 1.82) is 0 Å². The molecule has 1 aromatic heterocycles. The van der Waals surface area contributed by atoms with Gasteiger partial charge in [0, 0.05) is 30.3 Å². The van der Waals surface area contributed by atoms with Crippen molar-refractivity contribution >= 4 is 28.8 Å². The fourth-order valence-electron chi connectivity index (χ4n) is 4.81. The molecule has 1 atom stereocenters. The van der Waals surface area contributed by atoms with Gasteiger partial charge in [-0.3, -0.25) is 9.59 Å². The predicted molar refractivity (Wildman–Crippen MR) is 111 cm³/mol. The fraction of sp³-hybridized carbons (Fsp3) is 0.455. The smallest absolute Gasteiger partial charge is 0.254 e. The molecule has 6 heteroatoms. The molecule has 1 saturated heterocycles. The van der Waals surface area contributed by atoms with Crippen LogP contribution in [0.3, 0.4) is 0 Å². The van der Waals surface area contributed by atoms with Crippen molar-refractivity contribution in [2.75, 3.05) is 18.4 Å². The van der Waals surface area contributed by atoms with E-state index in [1.54, 1.807) is 11.3 Å². The number of anilines is 1. The summed E-state index contributed by atoms with van der Waals surface area (Å²) in [5.41, 5.74) is 4.16. The van der Waals surface area contributed by atoms with Crippen LogP contribution in [-0.4, -0.2) is 35.8 Å². The van der Waals surface area contributed by atoms with Crippen LogP contribution < -0.4 is 10.6 Å². The molecule has 5 rings (SSSR count). The summed E-state index contributed by atoms with van der Waals surface area (Å²) >= 11 is 1.68. The zero-order valence-corrected chi connectivity index (χ0v) is 16.7. The zero-order chi connectivity index (χ0) is 19.1. The van der Waals surface area contributed by atoms with E-state index in [2.05, 4.69) is 32.4 Å². The van der Waals surface area contributed by atoms with Gasteiger partial charge in [0.2, 0.25) is 5.91 Å². The van der Waals surface area contributed by atoms with E-state index in [-0.39, 0.29) is 11.8 Å². The molecule has 3 heterocycles. The maximum absolute atomic E-state index is 13.6. The van der Waals surface area contributed by atoms with Gasteiger partial charge in [0.25, 0.3) is 5.91 Å². The van der Waals surface area contributed by atoms with E-state index in [1.165, 1.54) is 5.56 Å². The molecular weight excluding hydrogens is 370 g/mol. The van der Waals surface area contributed by atoms with Gasteiger partial charge in [0.05, 0.1) is 0 Å². The van der Waals surface area contributed by atoms with E-state index in [4.69, 9.17) is 0 Å². The highest BCUT2D eigenvalue weighted by molar-refractivity contribution is 7.07. The number of carbonyl (C=O) groups excluding carboxylic acids is 2. The molecule has 1 saturated carbocycles. The molecule has 1 aromatic carbocycles. The summed E-state index contributed by atoms with van der Waals surface area (Å²) in [5.74, 6) is 0.169. The van der Waals surface area contributed by atoms with Crippen molar-refractivity contribution in [3.05, 3.63) is 51.7 Å². The van der Waals surface area contributed by atoms with Gasteiger partial charge < -0.3 is 15.5 Å². The number of piperidine rings is 1. The monoisotopic (exact) mass is 395 g/mol. The number of fused-ring (bicyclic) bond motifs is 1. The van der Waals surface area contributed by atoms with Gasteiger partial charge in [-0.2, -0.15) is 11.3 Å². The van der Waals surface area contributed by atoms with Crippen molar-refractivity contribution in [2.45, 2.75) is 44.7 Å². The number of benzene rings is 1. The van der Waals surface area contributed by atoms with Crippen molar-refractivity contribution in [3.8, 4) is 0 Å². The number of carbonyl (C=O) groups is 2. The largest absolute Gasteiger partial charge is 0.331 e. The number of nitrogens with zero attached hydrogens (tertiary/aromatic N) is 1. The molecule has 1 spiro atoms. The minimum absolute atomic E-state index is 0.0523. The molecule has 3 aliphatic rings. The lowest BCUT2D eigenvalue weighted by atomic mass is 9.93. The lowest BCUT2D eigenvalue weighted by Gasteiger charge is -2.30. The third kappa shape index (κ3) is 3.25. The van der Waals surface area contributed by atoms with Crippen LogP contribution >= 0.6 is 11.3 Å². The third-order valence-electron chi connectivity index (χ3n) is 6.56. The summed E-state index contributed by atoms with van der Waals surface area (Å²) in [6, 6.07) is 8.18. The summed E-state index contributed by atoms with van der Waals surface area (Å²) in [5, 5.41) is 10.6. The van der Waals surface area contributed by atoms with Crippen LogP contribution in [0.25, 0.3) is 0 Å². The van der Waals surface area contributed by atoms with Crippen molar-refractivity contribution in [3.63, 3.8) is 0 Å². The van der Waals surface area contributed by atoms with Gasteiger partial charge in [-0.05, 0) is 90.3 Å². The number of aryl methyl sites for hydroxylation is 1. The molecule has 1 unspecified atom stereocenters. The maximum atomic E-state index is 13.6. The minimum Gasteiger partial charge on any atom is -0.331 e. The Morgan fingerprint density at radius 1 is 1.21 bits per heavy atom. The second-order valence-electron chi connectivity index (χ2n) is 8.32. The molecule has 0 radical (unpaired) electrons. The molecular formula is C22H25N3O2S. The highest BCUT2D eigenvalue weighted by Crippen LogP contribution is 2.56. The number of hydrogen-bond donors (Lipinski definition) is 2. The normalized spacial score (nSPS) is 22.4. The highest BCUT2D eigenvalue weighted by atomic mass is 32.1. The Kier molecular flexibility index (Phi) is 4.48. The van der Waals surface area contributed by atoms with Crippen LogP contribution in [0.5, 0.6) is 0 Å². The molecule has 28 heavy (non-hydrogen) atoms. The topological polar surface area (TPSA) is 61.4 Å². The Balaban J connectivity index is 1.42. The molecule has 146 valence electrons. The van der Waals surface area contributed by atoms with Crippen molar-refractivity contribution < 1.29 is 9.59 Å². The summed E-state index contributed by atoms with van der Waals surface area (Å²) in [4.78, 5) is 27.3. The van der Waals surface area contributed by atoms with Gasteiger partial charge in [0.1, 0.15) is 0 Å². The standard InChI is InChI=1S/C22H25N3O2S/c26-20-4-2-16-11-17(1-3-18(16)24-20)21(27)25(13-15-5-10-28-14-15)19-12-22(19)6-8-23-9-7-22/h1,3,5,10-11,14,19,23H,2,4,6-9,12-13H2,(H,24,26). The Morgan fingerprint density at radius 2 is 2.07 bits per heavy atom. The van der Waals surface area contributed by atoms with Gasteiger partial charge >= 0.3 is 0 Å². The highest BCUT2D eigenvalue weighted by Gasteiger charge is 2.57. The van der Waals surface area contributed by atoms with Crippen molar-refractivity contribution in [2.24, 2.45) is 5.41 Å². The SMILES string of the molecule is O=C1CCc2cc(C(=O)N(Cc3ccsc3)C3CC34CCNCC4)ccc2N1. The predicted octanol–water partition coefficient (Wildman–Crippen LogP) is 3.42. The quantitative estimate of drug-likeness (QED) is 0.834. The van der Waals surface area contributed by atoms with E-state index in [9.17, 15) is 9.59 Å². The third-order valence-corrected chi connectivity index (χ3v) is 7.30. The van der Waals surface area contributed by atoms with Crippen LogP contribution in [0.15, 0.2) is 35.0 Å². The molecule has 2 N–H and O–H groups in total. The van der Waals surface area contributed by atoms with Gasteiger partial charge in [-0.25, -0.2) is 0 Å². The number of rotatable bonds is 4. The molecule has 2 aromatic rings. The molecule has 1 aliphatic carbocycles.